The van der Waals surface area contributed by atoms with E-state index < -0.39 is 0 Å². The van der Waals surface area contributed by atoms with E-state index in [1.807, 2.05) is 48.5 Å². The van der Waals surface area contributed by atoms with E-state index >= 15 is 0 Å². The van der Waals surface area contributed by atoms with Crippen LogP contribution in [0.4, 0.5) is 0 Å². The molecule has 0 atom stereocenters. The number of ether oxygens (including phenoxy) is 3. The van der Waals surface area contributed by atoms with Crippen molar-refractivity contribution in [3.63, 3.8) is 0 Å². The van der Waals surface area contributed by atoms with Crippen molar-refractivity contribution in [2.75, 3.05) is 14.2 Å². The van der Waals surface area contributed by atoms with Crippen molar-refractivity contribution in [2.24, 2.45) is 0 Å². The minimum atomic E-state index is 0.416. The fourth-order valence-electron chi connectivity index (χ4n) is 2.40. The quantitative estimate of drug-likeness (QED) is 0.631. The summed E-state index contributed by atoms with van der Waals surface area (Å²) in [6.45, 7) is 0.972. The Morgan fingerprint density at radius 3 is 2.22 bits per heavy atom. The Bertz CT molecular complexity index is 784. The summed E-state index contributed by atoms with van der Waals surface area (Å²) >= 11 is 0. The van der Waals surface area contributed by atoms with Gasteiger partial charge >= 0.3 is 12.0 Å². The highest BCUT2D eigenvalue weighted by molar-refractivity contribution is 5.85. The predicted octanol–water partition coefficient (Wildman–Crippen LogP) is 4.45. The molecular formula is C19H19O4+. The van der Waals surface area contributed by atoms with Gasteiger partial charge in [0.1, 0.15) is 0 Å². The lowest BCUT2D eigenvalue weighted by atomic mass is 10.1. The Labute approximate surface area is 135 Å². The van der Waals surface area contributed by atoms with Gasteiger partial charge in [0.05, 0.1) is 26.2 Å². The average molecular weight is 311 g/mol. The molecule has 0 N–H and O–H groups in total. The highest BCUT2D eigenvalue weighted by Gasteiger charge is 2.14. The van der Waals surface area contributed by atoms with Gasteiger partial charge in [-0.25, -0.2) is 4.42 Å². The van der Waals surface area contributed by atoms with Crippen LogP contribution in [0.25, 0.3) is 10.8 Å². The number of hydrogen-bond donors (Lipinski definition) is 0. The molecule has 2 aromatic carbocycles. The zero-order valence-corrected chi connectivity index (χ0v) is 13.2. The van der Waals surface area contributed by atoms with Gasteiger partial charge in [0, 0.05) is 17.5 Å². The van der Waals surface area contributed by atoms with Crippen molar-refractivity contribution >= 4 is 10.8 Å². The Kier molecular flexibility index (Phi) is 4.74. The third kappa shape index (κ3) is 3.60. The van der Waals surface area contributed by atoms with Crippen molar-refractivity contribution in [1.82, 2.24) is 0 Å². The standard InChI is InChI=1S/C19H19O4/c1-20-18-9-15-8-17(23-12-16(15)10-19(18)21-2)13-22-11-14-6-4-3-5-7-14/h3-10,12H,11,13H2,1-2H3/q+1. The summed E-state index contributed by atoms with van der Waals surface area (Å²) in [5.74, 6) is 2.14. The zero-order valence-electron chi connectivity index (χ0n) is 13.2. The second-order valence-electron chi connectivity index (χ2n) is 5.16. The molecule has 23 heavy (non-hydrogen) atoms. The van der Waals surface area contributed by atoms with E-state index in [1.165, 1.54) is 0 Å². The van der Waals surface area contributed by atoms with Crippen molar-refractivity contribution in [1.29, 1.82) is 0 Å². The second kappa shape index (κ2) is 7.11. The van der Waals surface area contributed by atoms with E-state index in [1.54, 1.807) is 20.5 Å². The first-order valence-corrected chi connectivity index (χ1v) is 7.38. The van der Waals surface area contributed by atoms with Gasteiger partial charge in [0.25, 0.3) is 0 Å². The van der Waals surface area contributed by atoms with Gasteiger partial charge in [-0.1, -0.05) is 30.3 Å². The summed E-state index contributed by atoms with van der Waals surface area (Å²) in [5, 5.41) is 1.97. The topological polar surface area (TPSA) is 39.0 Å². The van der Waals surface area contributed by atoms with Gasteiger partial charge < -0.3 is 14.2 Å². The molecule has 3 rings (SSSR count). The smallest absolute Gasteiger partial charge is 0.355 e. The molecule has 0 radical (unpaired) electrons. The monoisotopic (exact) mass is 311 g/mol. The summed E-state index contributed by atoms with van der Waals surface area (Å²) in [6.07, 6.45) is 1.71. The predicted molar refractivity (Wildman–Crippen MR) is 88.7 cm³/mol. The molecule has 1 heterocycles. The number of fused-ring (bicyclic) bond motifs is 1. The van der Waals surface area contributed by atoms with Crippen LogP contribution in [0, 0.1) is 0 Å². The lowest BCUT2D eigenvalue weighted by Crippen LogP contribution is -1.95. The van der Waals surface area contributed by atoms with E-state index in [4.69, 9.17) is 18.6 Å². The number of methoxy groups -OCH3 is 2. The molecule has 1 aromatic heterocycles. The van der Waals surface area contributed by atoms with Crippen molar-refractivity contribution in [3.8, 4) is 11.5 Å². The highest BCUT2D eigenvalue weighted by atomic mass is 16.5. The summed E-state index contributed by atoms with van der Waals surface area (Å²) in [5.41, 5.74) is 1.14. The van der Waals surface area contributed by atoms with Gasteiger partial charge in [-0.15, -0.1) is 0 Å². The minimum absolute atomic E-state index is 0.416. The maximum Gasteiger partial charge on any atom is 0.355 e. The number of hydrogen-bond acceptors (Lipinski definition) is 3. The molecule has 3 aromatic rings. The minimum Gasteiger partial charge on any atom is -0.493 e. The second-order valence-corrected chi connectivity index (χ2v) is 5.16. The molecule has 0 saturated heterocycles. The van der Waals surface area contributed by atoms with E-state index in [0.717, 1.165) is 22.1 Å². The number of benzene rings is 2. The normalized spacial score (nSPS) is 10.7. The average Bonchev–Trinajstić information content (AvgIpc) is 2.61. The highest BCUT2D eigenvalue weighted by Crippen LogP contribution is 2.32. The van der Waals surface area contributed by atoms with Crippen LogP contribution in [0.1, 0.15) is 11.3 Å². The molecule has 4 heteroatoms. The van der Waals surface area contributed by atoms with E-state index in [9.17, 15) is 0 Å². The molecule has 0 saturated carbocycles. The lowest BCUT2D eigenvalue weighted by molar-refractivity contribution is 0.0921. The summed E-state index contributed by atoms with van der Waals surface area (Å²) < 4.78 is 22.0. The zero-order chi connectivity index (χ0) is 16.1. The van der Waals surface area contributed by atoms with Crippen molar-refractivity contribution < 1.29 is 18.6 Å². The third-order valence-corrected chi connectivity index (χ3v) is 3.60. The summed E-state index contributed by atoms with van der Waals surface area (Å²) in [6, 6.07) is 15.9. The van der Waals surface area contributed by atoms with Crippen LogP contribution in [0.3, 0.4) is 0 Å². The third-order valence-electron chi connectivity index (χ3n) is 3.60. The van der Waals surface area contributed by atoms with Gasteiger partial charge in [0.15, 0.2) is 18.1 Å². The first kappa shape index (κ1) is 15.3. The van der Waals surface area contributed by atoms with Crippen LogP contribution in [0.15, 0.2) is 59.2 Å². The fourth-order valence-corrected chi connectivity index (χ4v) is 2.40. The summed E-state index contributed by atoms with van der Waals surface area (Å²) in [7, 11) is 3.24. The van der Waals surface area contributed by atoms with E-state index in [0.29, 0.717) is 24.7 Å². The van der Waals surface area contributed by atoms with Gasteiger partial charge in [-0.2, -0.15) is 0 Å². The molecule has 0 fully saturated rings. The summed E-state index contributed by atoms with van der Waals surface area (Å²) in [4.78, 5) is 0. The van der Waals surface area contributed by atoms with Crippen LogP contribution in [-0.4, -0.2) is 14.2 Å². The maximum atomic E-state index is 5.71. The maximum absolute atomic E-state index is 5.71. The van der Waals surface area contributed by atoms with Crippen LogP contribution in [-0.2, 0) is 18.0 Å². The Balaban J connectivity index is 1.74. The van der Waals surface area contributed by atoms with E-state index in [2.05, 4.69) is 0 Å². The molecule has 0 aliphatic carbocycles. The largest absolute Gasteiger partial charge is 0.493 e. The first-order valence-electron chi connectivity index (χ1n) is 7.38. The van der Waals surface area contributed by atoms with Crippen LogP contribution in [0.5, 0.6) is 11.5 Å². The molecule has 0 amide bonds. The molecule has 4 nitrogen and oxygen atoms in total. The molecule has 0 unspecified atom stereocenters. The van der Waals surface area contributed by atoms with Gasteiger partial charge in [-0.3, -0.25) is 0 Å². The Morgan fingerprint density at radius 2 is 1.52 bits per heavy atom. The van der Waals surface area contributed by atoms with Gasteiger partial charge in [-0.05, 0) is 11.6 Å². The van der Waals surface area contributed by atoms with Crippen LogP contribution in [0.2, 0.25) is 0 Å². The van der Waals surface area contributed by atoms with Crippen molar-refractivity contribution in [3.05, 3.63) is 66.1 Å². The Hall–Kier alpha value is -2.59. The van der Waals surface area contributed by atoms with E-state index in [-0.39, 0.29) is 0 Å². The molecule has 0 aliphatic heterocycles. The molecule has 0 aliphatic rings. The lowest BCUT2D eigenvalue weighted by Gasteiger charge is -2.07. The van der Waals surface area contributed by atoms with Crippen LogP contribution >= 0.6 is 0 Å². The Morgan fingerprint density at radius 1 is 0.826 bits per heavy atom. The SMILES string of the molecule is COc1cc2c[o+]c(COCc3ccccc3)cc2cc1OC. The number of rotatable bonds is 6. The molecule has 118 valence electrons. The molecular weight excluding hydrogens is 292 g/mol. The molecule has 0 bridgehead atoms. The van der Waals surface area contributed by atoms with Gasteiger partial charge in [0.2, 0.25) is 0 Å². The van der Waals surface area contributed by atoms with Crippen LogP contribution < -0.4 is 9.47 Å². The fraction of sp³-hybridized carbons (Fsp3) is 0.211. The molecule has 0 spiro atoms. The van der Waals surface area contributed by atoms with Crippen molar-refractivity contribution in [2.45, 2.75) is 13.2 Å². The first-order chi connectivity index (χ1) is 11.3.